The number of hydrogen-bond acceptors (Lipinski definition) is 3. The van der Waals surface area contributed by atoms with Gasteiger partial charge in [-0.05, 0) is 37.4 Å². The zero-order valence-corrected chi connectivity index (χ0v) is 12.4. The first-order chi connectivity index (χ1) is 9.13. The molecule has 5 heteroatoms. The molecule has 0 bridgehead atoms. The van der Waals surface area contributed by atoms with E-state index < -0.39 is 0 Å². The second kappa shape index (κ2) is 6.91. The first-order valence-electron chi connectivity index (χ1n) is 6.68. The molecular weight excluding hydrogens is 283 g/mol. The maximum Gasteiger partial charge on any atom is 0.0640 e. The highest BCUT2D eigenvalue weighted by atomic mass is 35.5. The number of halogens is 2. The van der Waals surface area contributed by atoms with Crippen LogP contribution in [0.1, 0.15) is 30.9 Å². The highest BCUT2D eigenvalue weighted by Crippen LogP contribution is 2.30. The lowest BCUT2D eigenvalue weighted by Gasteiger charge is -2.24. The van der Waals surface area contributed by atoms with Crippen molar-refractivity contribution in [2.24, 2.45) is 5.73 Å². The van der Waals surface area contributed by atoms with Gasteiger partial charge in [0.25, 0.3) is 0 Å². The van der Waals surface area contributed by atoms with Crippen molar-refractivity contribution in [3.8, 4) is 0 Å². The van der Waals surface area contributed by atoms with Gasteiger partial charge in [0.2, 0.25) is 0 Å². The summed E-state index contributed by atoms with van der Waals surface area (Å²) in [5, 5.41) is 10.4. The molecule has 106 valence electrons. The van der Waals surface area contributed by atoms with E-state index in [9.17, 15) is 5.11 Å². The molecule has 2 rings (SSSR count). The summed E-state index contributed by atoms with van der Waals surface area (Å²) in [6.07, 6.45) is 3.04. The maximum atomic E-state index is 9.29. The number of aliphatic hydroxyl groups excluding tert-OH is 1. The Kier molecular flexibility index (Phi) is 5.48. The van der Waals surface area contributed by atoms with Crippen molar-refractivity contribution in [3.63, 3.8) is 0 Å². The number of aliphatic hydroxyl groups is 1. The molecular formula is C14H20Cl2N2O. The summed E-state index contributed by atoms with van der Waals surface area (Å²) in [6.45, 7) is 2.16. The van der Waals surface area contributed by atoms with E-state index in [2.05, 4.69) is 4.90 Å². The van der Waals surface area contributed by atoms with Gasteiger partial charge in [0.05, 0.1) is 16.7 Å². The molecule has 0 spiro atoms. The van der Waals surface area contributed by atoms with Crippen LogP contribution in [0.3, 0.4) is 0 Å². The topological polar surface area (TPSA) is 49.5 Å². The minimum atomic E-state index is -0.119. The van der Waals surface area contributed by atoms with E-state index in [4.69, 9.17) is 28.9 Å². The molecule has 3 N–H and O–H groups in total. The molecule has 1 fully saturated rings. The van der Waals surface area contributed by atoms with Crippen molar-refractivity contribution in [1.29, 1.82) is 0 Å². The summed E-state index contributed by atoms with van der Waals surface area (Å²) in [5.41, 5.74) is 7.09. The second-order valence-electron chi connectivity index (χ2n) is 5.05. The molecule has 1 aliphatic heterocycles. The third-order valence-corrected chi connectivity index (χ3v) is 4.65. The first kappa shape index (κ1) is 15.1. The Morgan fingerprint density at radius 3 is 2.95 bits per heavy atom. The molecule has 0 aliphatic carbocycles. The molecule has 0 aromatic heterocycles. The molecule has 1 aliphatic rings. The molecule has 3 nitrogen and oxygen atoms in total. The Morgan fingerprint density at radius 2 is 2.21 bits per heavy atom. The summed E-state index contributed by atoms with van der Waals surface area (Å²) in [6, 6.07) is 5.73. The van der Waals surface area contributed by atoms with Crippen LogP contribution in [0.5, 0.6) is 0 Å². The van der Waals surface area contributed by atoms with E-state index in [1.54, 1.807) is 6.07 Å². The molecule has 1 saturated heterocycles. The zero-order valence-electron chi connectivity index (χ0n) is 10.9. The quantitative estimate of drug-likeness (QED) is 0.879. The summed E-state index contributed by atoms with van der Waals surface area (Å²) in [5.74, 6) is 0. The highest BCUT2D eigenvalue weighted by molar-refractivity contribution is 6.42. The number of rotatable bonds is 5. The van der Waals surface area contributed by atoms with Gasteiger partial charge < -0.3 is 10.8 Å². The van der Waals surface area contributed by atoms with Crippen LogP contribution in [0.2, 0.25) is 10.0 Å². The average Bonchev–Trinajstić information content (AvgIpc) is 2.86. The number of benzene rings is 1. The van der Waals surface area contributed by atoms with E-state index in [0.29, 0.717) is 16.1 Å². The lowest BCUT2D eigenvalue weighted by Crippen LogP contribution is -2.34. The standard InChI is InChI=1S/C14H20Cl2N2O/c15-12-5-1-4-11(14(12)16)13(17)6-8-18-7-2-3-10(18)9-19/h1,4-5,10,13,19H,2-3,6-9,17H2. The fraction of sp³-hybridized carbons (Fsp3) is 0.571. The third-order valence-electron chi connectivity index (χ3n) is 3.82. The van der Waals surface area contributed by atoms with Crippen LogP contribution in [-0.4, -0.2) is 35.7 Å². The van der Waals surface area contributed by atoms with Crippen molar-refractivity contribution in [3.05, 3.63) is 33.8 Å². The van der Waals surface area contributed by atoms with E-state index in [1.807, 2.05) is 12.1 Å². The van der Waals surface area contributed by atoms with Gasteiger partial charge in [-0.1, -0.05) is 35.3 Å². The number of nitrogens with zero attached hydrogens (tertiary/aromatic N) is 1. The van der Waals surface area contributed by atoms with Crippen LogP contribution < -0.4 is 5.73 Å². The van der Waals surface area contributed by atoms with E-state index in [-0.39, 0.29) is 12.6 Å². The van der Waals surface area contributed by atoms with Crippen molar-refractivity contribution in [2.75, 3.05) is 19.7 Å². The van der Waals surface area contributed by atoms with Gasteiger partial charge in [-0.3, -0.25) is 4.90 Å². The van der Waals surface area contributed by atoms with Gasteiger partial charge in [0.15, 0.2) is 0 Å². The number of nitrogens with two attached hydrogens (primary N) is 1. The zero-order chi connectivity index (χ0) is 13.8. The fourth-order valence-corrected chi connectivity index (χ4v) is 3.11. The minimum Gasteiger partial charge on any atom is -0.395 e. The van der Waals surface area contributed by atoms with Gasteiger partial charge in [0.1, 0.15) is 0 Å². The van der Waals surface area contributed by atoms with Crippen molar-refractivity contribution in [1.82, 2.24) is 4.90 Å². The third kappa shape index (κ3) is 3.61. The van der Waals surface area contributed by atoms with Crippen LogP contribution >= 0.6 is 23.2 Å². The molecule has 1 aromatic rings. The van der Waals surface area contributed by atoms with Gasteiger partial charge >= 0.3 is 0 Å². The maximum absolute atomic E-state index is 9.29. The summed E-state index contributed by atoms with van der Waals surface area (Å²) < 4.78 is 0. The van der Waals surface area contributed by atoms with Crippen LogP contribution in [0.25, 0.3) is 0 Å². The monoisotopic (exact) mass is 302 g/mol. The molecule has 19 heavy (non-hydrogen) atoms. The number of hydrogen-bond donors (Lipinski definition) is 2. The molecule has 2 atom stereocenters. The lowest BCUT2D eigenvalue weighted by atomic mass is 10.0. The van der Waals surface area contributed by atoms with Crippen LogP contribution in [0.4, 0.5) is 0 Å². The Morgan fingerprint density at radius 1 is 1.42 bits per heavy atom. The minimum absolute atomic E-state index is 0.119. The molecule has 1 heterocycles. The smallest absolute Gasteiger partial charge is 0.0640 e. The predicted molar refractivity (Wildman–Crippen MR) is 79.7 cm³/mol. The molecule has 1 aromatic carbocycles. The Labute approximate surface area is 124 Å². The van der Waals surface area contributed by atoms with E-state index >= 15 is 0 Å². The molecule has 0 saturated carbocycles. The van der Waals surface area contributed by atoms with Crippen LogP contribution in [0.15, 0.2) is 18.2 Å². The lowest BCUT2D eigenvalue weighted by molar-refractivity contribution is 0.155. The second-order valence-corrected chi connectivity index (χ2v) is 5.84. The Bertz CT molecular complexity index is 428. The Balaban J connectivity index is 1.94. The van der Waals surface area contributed by atoms with Crippen LogP contribution in [-0.2, 0) is 0 Å². The molecule has 2 unspecified atom stereocenters. The fourth-order valence-electron chi connectivity index (χ4n) is 2.66. The van der Waals surface area contributed by atoms with Crippen LogP contribution in [0, 0.1) is 0 Å². The first-order valence-corrected chi connectivity index (χ1v) is 7.43. The van der Waals surface area contributed by atoms with E-state index in [1.165, 1.54) is 0 Å². The van der Waals surface area contributed by atoms with Gasteiger partial charge in [-0.2, -0.15) is 0 Å². The Hall–Kier alpha value is -0.320. The van der Waals surface area contributed by atoms with Crippen molar-refractivity contribution >= 4 is 23.2 Å². The predicted octanol–water partition coefficient (Wildman–Crippen LogP) is 2.84. The molecule has 0 radical (unpaired) electrons. The van der Waals surface area contributed by atoms with Crippen molar-refractivity contribution in [2.45, 2.75) is 31.3 Å². The van der Waals surface area contributed by atoms with Gasteiger partial charge in [-0.15, -0.1) is 0 Å². The molecule has 0 amide bonds. The highest BCUT2D eigenvalue weighted by Gasteiger charge is 2.24. The van der Waals surface area contributed by atoms with Gasteiger partial charge in [-0.25, -0.2) is 0 Å². The average molecular weight is 303 g/mol. The number of likely N-dealkylation sites (tertiary alicyclic amines) is 1. The van der Waals surface area contributed by atoms with Crippen molar-refractivity contribution < 1.29 is 5.11 Å². The summed E-state index contributed by atoms with van der Waals surface area (Å²) in [7, 11) is 0. The van der Waals surface area contributed by atoms with Gasteiger partial charge in [0, 0.05) is 18.6 Å². The normalized spacial score (nSPS) is 21.8. The SMILES string of the molecule is NC(CCN1CCCC1CO)c1cccc(Cl)c1Cl. The summed E-state index contributed by atoms with van der Waals surface area (Å²) in [4.78, 5) is 2.30. The summed E-state index contributed by atoms with van der Waals surface area (Å²) >= 11 is 12.2. The van der Waals surface area contributed by atoms with E-state index in [0.717, 1.165) is 37.9 Å². The largest absolute Gasteiger partial charge is 0.395 e.